The van der Waals surface area contributed by atoms with E-state index in [1.54, 1.807) is 6.92 Å². The number of sulfone groups is 1. The van der Waals surface area contributed by atoms with Crippen LogP contribution in [0.1, 0.15) is 19.8 Å². The number of hydrogen-bond donors (Lipinski definition) is 2. The minimum absolute atomic E-state index is 0.197. The van der Waals surface area contributed by atoms with Crippen molar-refractivity contribution in [1.29, 1.82) is 0 Å². The summed E-state index contributed by atoms with van der Waals surface area (Å²) in [6, 6.07) is -0.584. The normalized spacial score (nSPS) is 27.1. The lowest BCUT2D eigenvalue weighted by Gasteiger charge is -2.12. The maximum Gasteiger partial charge on any atom is 0.236 e. The van der Waals surface area contributed by atoms with Gasteiger partial charge in [-0.15, -0.1) is 0 Å². The molecule has 1 unspecified atom stereocenters. The molecule has 0 bridgehead atoms. The lowest BCUT2D eigenvalue weighted by Crippen LogP contribution is -2.42. The molecule has 2 atom stereocenters. The zero-order valence-corrected chi connectivity index (χ0v) is 9.01. The van der Waals surface area contributed by atoms with Crippen molar-refractivity contribution in [1.82, 2.24) is 5.32 Å². The molecule has 1 heterocycles. The zero-order chi connectivity index (χ0) is 10.8. The van der Waals surface area contributed by atoms with Crippen molar-refractivity contribution in [3.8, 4) is 0 Å². The first kappa shape index (κ1) is 11.5. The van der Waals surface area contributed by atoms with E-state index in [1.807, 2.05) is 0 Å². The lowest BCUT2D eigenvalue weighted by molar-refractivity contribution is -0.121. The smallest absolute Gasteiger partial charge is 0.236 e. The minimum Gasteiger partial charge on any atom is -0.353 e. The van der Waals surface area contributed by atoms with Gasteiger partial charge in [-0.05, 0) is 19.8 Å². The largest absolute Gasteiger partial charge is 0.353 e. The Morgan fingerprint density at radius 2 is 2.29 bits per heavy atom. The van der Waals surface area contributed by atoms with Crippen LogP contribution in [-0.2, 0) is 14.6 Å². The monoisotopic (exact) mass is 220 g/mol. The molecule has 14 heavy (non-hydrogen) atoms. The third-order valence-corrected chi connectivity index (χ3v) is 4.66. The van der Waals surface area contributed by atoms with Gasteiger partial charge in [-0.2, -0.15) is 0 Å². The summed E-state index contributed by atoms with van der Waals surface area (Å²) in [7, 11) is -2.96. The molecule has 0 aromatic carbocycles. The van der Waals surface area contributed by atoms with Crippen molar-refractivity contribution >= 4 is 15.7 Å². The molecule has 5 nitrogen and oxygen atoms in total. The van der Waals surface area contributed by atoms with Gasteiger partial charge in [0.15, 0.2) is 9.84 Å². The highest BCUT2D eigenvalue weighted by Gasteiger charge is 2.31. The van der Waals surface area contributed by atoms with Crippen molar-refractivity contribution in [2.24, 2.45) is 5.73 Å². The van der Waals surface area contributed by atoms with Gasteiger partial charge < -0.3 is 11.1 Å². The summed E-state index contributed by atoms with van der Waals surface area (Å²) in [5.41, 5.74) is 5.33. The van der Waals surface area contributed by atoms with E-state index in [9.17, 15) is 13.2 Å². The van der Waals surface area contributed by atoms with Crippen LogP contribution in [0.5, 0.6) is 0 Å². The van der Waals surface area contributed by atoms with Crippen LogP contribution in [0.25, 0.3) is 0 Å². The fraction of sp³-hybridized carbons (Fsp3) is 0.875. The lowest BCUT2D eigenvalue weighted by atomic mass is 10.2. The first-order valence-electron chi connectivity index (χ1n) is 4.68. The van der Waals surface area contributed by atoms with E-state index in [0.717, 1.165) is 0 Å². The molecule has 82 valence electrons. The Bertz CT molecular complexity index is 311. The van der Waals surface area contributed by atoms with E-state index in [2.05, 4.69) is 5.32 Å². The Morgan fingerprint density at radius 1 is 1.64 bits per heavy atom. The number of amides is 1. The van der Waals surface area contributed by atoms with Crippen molar-refractivity contribution in [3.63, 3.8) is 0 Å². The fourth-order valence-corrected chi connectivity index (χ4v) is 3.23. The van der Waals surface area contributed by atoms with Gasteiger partial charge in [0, 0.05) is 6.54 Å². The molecule has 0 aromatic heterocycles. The minimum atomic E-state index is -2.96. The third-order valence-electron chi connectivity index (χ3n) is 2.38. The van der Waals surface area contributed by atoms with Crippen LogP contribution in [-0.4, -0.2) is 37.9 Å². The van der Waals surface area contributed by atoms with E-state index in [-0.39, 0.29) is 18.2 Å². The van der Waals surface area contributed by atoms with Crippen LogP contribution in [0, 0.1) is 0 Å². The van der Waals surface area contributed by atoms with E-state index < -0.39 is 21.1 Å². The number of nitrogens with one attached hydrogen (secondary N) is 1. The number of rotatable bonds is 3. The summed E-state index contributed by atoms with van der Waals surface area (Å²) < 4.78 is 22.7. The van der Waals surface area contributed by atoms with Crippen LogP contribution in [0.15, 0.2) is 0 Å². The Kier molecular flexibility index (Phi) is 3.49. The van der Waals surface area contributed by atoms with E-state index in [0.29, 0.717) is 12.8 Å². The predicted octanol–water partition coefficient (Wildman–Crippen LogP) is -0.973. The first-order chi connectivity index (χ1) is 6.43. The Hall–Kier alpha value is -0.620. The molecule has 0 radical (unpaired) electrons. The van der Waals surface area contributed by atoms with E-state index >= 15 is 0 Å². The molecule has 0 saturated carbocycles. The molecule has 0 aromatic rings. The summed E-state index contributed by atoms with van der Waals surface area (Å²) in [6.45, 7) is 1.77. The van der Waals surface area contributed by atoms with Gasteiger partial charge in [0.1, 0.15) is 0 Å². The molecule has 1 aliphatic heterocycles. The fourth-order valence-electron chi connectivity index (χ4n) is 1.46. The van der Waals surface area contributed by atoms with Crippen molar-refractivity contribution < 1.29 is 13.2 Å². The summed E-state index contributed by atoms with van der Waals surface area (Å²) in [5.74, 6) is -0.0572. The topological polar surface area (TPSA) is 89.3 Å². The van der Waals surface area contributed by atoms with E-state index in [4.69, 9.17) is 5.73 Å². The maximum absolute atomic E-state index is 11.4. The second-order valence-corrected chi connectivity index (χ2v) is 6.07. The van der Waals surface area contributed by atoms with Gasteiger partial charge in [-0.25, -0.2) is 8.42 Å². The van der Waals surface area contributed by atoms with Crippen LogP contribution in [0.4, 0.5) is 0 Å². The average Bonchev–Trinajstić information content (AvgIpc) is 2.40. The third kappa shape index (κ3) is 2.68. The summed E-state index contributed by atoms with van der Waals surface area (Å²) in [4.78, 5) is 11.1. The second-order valence-electron chi connectivity index (χ2n) is 3.67. The molecule has 1 amide bonds. The summed E-state index contributed by atoms with van der Waals surface area (Å²) >= 11 is 0. The van der Waals surface area contributed by atoms with Gasteiger partial charge >= 0.3 is 0 Å². The Morgan fingerprint density at radius 3 is 2.71 bits per heavy atom. The van der Waals surface area contributed by atoms with E-state index in [1.165, 1.54) is 0 Å². The molecule has 1 aliphatic rings. The standard InChI is InChI=1S/C8H16N2O3S/c1-6(9)8(11)10-5-7-3-2-4-14(7,12)13/h6-7H,2-5,9H2,1H3,(H,10,11)/t6-,7?/m0/s1. The number of hydrogen-bond acceptors (Lipinski definition) is 4. The predicted molar refractivity (Wildman–Crippen MR) is 53.5 cm³/mol. The molecule has 6 heteroatoms. The van der Waals surface area contributed by atoms with Crippen LogP contribution >= 0.6 is 0 Å². The molecule has 1 fully saturated rings. The highest BCUT2D eigenvalue weighted by Crippen LogP contribution is 2.18. The molecule has 0 spiro atoms. The molecule has 3 N–H and O–H groups in total. The van der Waals surface area contributed by atoms with Crippen molar-refractivity contribution in [2.75, 3.05) is 12.3 Å². The summed E-state index contributed by atoms with van der Waals surface area (Å²) in [6.07, 6.45) is 1.34. The second kappa shape index (κ2) is 4.27. The van der Waals surface area contributed by atoms with Gasteiger partial charge in [-0.3, -0.25) is 4.79 Å². The zero-order valence-electron chi connectivity index (χ0n) is 8.19. The Labute approximate surface area is 84.0 Å². The SMILES string of the molecule is C[C@H](N)C(=O)NCC1CCCS1(=O)=O. The quantitative estimate of drug-likeness (QED) is 0.640. The number of carbonyl (C=O) groups is 1. The molecular formula is C8H16N2O3S. The molecule has 0 aliphatic carbocycles. The van der Waals surface area contributed by atoms with Gasteiger partial charge in [0.05, 0.1) is 17.0 Å². The van der Waals surface area contributed by atoms with Gasteiger partial charge in [0.2, 0.25) is 5.91 Å². The molecule has 1 saturated heterocycles. The van der Waals surface area contributed by atoms with Gasteiger partial charge in [0.25, 0.3) is 0 Å². The number of carbonyl (C=O) groups excluding carboxylic acids is 1. The van der Waals surface area contributed by atoms with Crippen molar-refractivity contribution in [3.05, 3.63) is 0 Å². The van der Waals surface area contributed by atoms with Crippen molar-refractivity contribution in [2.45, 2.75) is 31.1 Å². The van der Waals surface area contributed by atoms with Gasteiger partial charge in [-0.1, -0.05) is 0 Å². The highest BCUT2D eigenvalue weighted by atomic mass is 32.2. The van der Waals surface area contributed by atoms with Crippen LogP contribution in [0.3, 0.4) is 0 Å². The Balaban J connectivity index is 2.43. The average molecular weight is 220 g/mol. The maximum atomic E-state index is 11.4. The molecule has 1 rings (SSSR count). The first-order valence-corrected chi connectivity index (χ1v) is 6.40. The van der Waals surface area contributed by atoms with Crippen LogP contribution in [0.2, 0.25) is 0 Å². The number of nitrogens with two attached hydrogens (primary N) is 1. The molecular weight excluding hydrogens is 204 g/mol. The summed E-state index contributed by atoms with van der Waals surface area (Å²) in [5, 5.41) is 2.12. The highest BCUT2D eigenvalue weighted by molar-refractivity contribution is 7.92. The van der Waals surface area contributed by atoms with Crippen LogP contribution < -0.4 is 11.1 Å².